The molecule has 5 heteroatoms. The normalized spacial score (nSPS) is 19.9. The zero-order chi connectivity index (χ0) is 14.8. The standard InChI is InChI=1S/C15H28N4O/c1-12(2)10-19-14(16-11-17-19)9-13(20)15(18(3)4)7-5-6-8-15/h11-13,20H,5-10H2,1-4H3. The van der Waals surface area contributed by atoms with Gasteiger partial charge in [0.15, 0.2) is 0 Å². The lowest BCUT2D eigenvalue weighted by Gasteiger charge is -2.40. The molecule has 1 fully saturated rings. The number of aliphatic hydroxyl groups excluding tert-OH is 1. The molecule has 1 aromatic rings. The largest absolute Gasteiger partial charge is 0.391 e. The molecule has 0 amide bonds. The summed E-state index contributed by atoms with van der Waals surface area (Å²) in [5, 5.41) is 15.1. The molecule has 0 saturated heterocycles. The molecule has 2 rings (SSSR count). The van der Waals surface area contributed by atoms with Crippen LogP contribution in [0.2, 0.25) is 0 Å². The highest BCUT2D eigenvalue weighted by Gasteiger charge is 2.42. The lowest BCUT2D eigenvalue weighted by molar-refractivity contribution is -0.00423. The highest BCUT2D eigenvalue weighted by Crippen LogP contribution is 2.37. The van der Waals surface area contributed by atoms with E-state index in [9.17, 15) is 5.11 Å². The van der Waals surface area contributed by atoms with Crippen molar-refractivity contribution in [1.29, 1.82) is 0 Å². The molecule has 0 radical (unpaired) electrons. The average Bonchev–Trinajstić information content (AvgIpc) is 2.99. The Kier molecular flexibility index (Phi) is 4.81. The van der Waals surface area contributed by atoms with Crippen LogP contribution in [0.25, 0.3) is 0 Å². The van der Waals surface area contributed by atoms with Crippen LogP contribution in [-0.2, 0) is 13.0 Å². The van der Waals surface area contributed by atoms with Crippen LogP contribution in [0.1, 0.15) is 45.4 Å². The molecule has 0 bridgehead atoms. The lowest BCUT2D eigenvalue weighted by atomic mass is 9.87. The van der Waals surface area contributed by atoms with E-state index >= 15 is 0 Å². The van der Waals surface area contributed by atoms with E-state index in [1.807, 2.05) is 4.68 Å². The Hall–Kier alpha value is -0.940. The monoisotopic (exact) mass is 280 g/mol. The van der Waals surface area contributed by atoms with E-state index in [0.717, 1.165) is 25.2 Å². The first-order chi connectivity index (χ1) is 9.45. The second-order valence-corrected chi connectivity index (χ2v) is 6.68. The van der Waals surface area contributed by atoms with Crippen molar-refractivity contribution in [2.45, 2.75) is 64.1 Å². The summed E-state index contributed by atoms with van der Waals surface area (Å²) in [6, 6.07) is 0. The van der Waals surface area contributed by atoms with Gasteiger partial charge in [-0.25, -0.2) is 9.67 Å². The number of hydrogen-bond acceptors (Lipinski definition) is 4. The maximum Gasteiger partial charge on any atom is 0.138 e. The van der Waals surface area contributed by atoms with Crippen LogP contribution in [0.5, 0.6) is 0 Å². The summed E-state index contributed by atoms with van der Waals surface area (Å²) >= 11 is 0. The summed E-state index contributed by atoms with van der Waals surface area (Å²) in [7, 11) is 4.15. The maximum absolute atomic E-state index is 10.8. The Labute approximate surface area is 122 Å². The molecular weight excluding hydrogens is 252 g/mol. The zero-order valence-electron chi connectivity index (χ0n) is 13.2. The molecular formula is C15H28N4O. The molecule has 1 N–H and O–H groups in total. The third-order valence-corrected chi connectivity index (χ3v) is 4.59. The van der Waals surface area contributed by atoms with E-state index in [2.05, 4.69) is 42.9 Å². The van der Waals surface area contributed by atoms with Gasteiger partial charge < -0.3 is 10.0 Å². The van der Waals surface area contributed by atoms with Crippen LogP contribution in [0.3, 0.4) is 0 Å². The summed E-state index contributed by atoms with van der Waals surface area (Å²) in [5.74, 6) is 1.43. The van der Waals surface area contributed by atoms with Crippen molar-refractivity contribution in [2.75, 3.05) is 14.1 Å². The molecule has 1 unspecified atom stereocenters. The predicted molar refractivity (Wildman–Crippen MR) is 79.5 cm³/mol. The van der Waals surface area contributed by atoms with Gasteiger partial charge in [-0.2, -0.15) is 5.10 Å². The van der Waals surface area contributed by atoms with Crippen molar-refractivity contribution >= 4 is 0 Å². The summed E-state index contributed by atoms with van der Waals surface area (Å²) in [4.78, 5) is 6.55. The highest BCUT2D eigenvalue weighted by molar-refractivity contribution is 5.02. The van der Waals surface area contributed by atoms with E-state index in [-0.39, 0.29) is 11.6 Å². The first-order valence-electron chi connectivity index (χ1n) is 7.68. The van der Waals surface area contributed by atoms with E-state index in [0.29, 0.717) is 12.3 Å². The van der Waals surface area contributed by atoms with Crippen molar-refractivity contribution in [1.82, 2.24) is 19.7 Å². The Morgan fingerprint density at radius 1 is 1.35 bits per heavy atom. The van der Waals surface area contributed by atoms with Crippen molar-refractivity contribution < 1.29 is 5.11 Å². The summed E-state index contributed by atoms with van der Waals surface area (Å²) < 4.78 is 1.94. The van der Waals surface area contributed by atoms with Gasteiger partial charge in [-0.15, -0.1) is 0 Å². The molecule has 114 valence electrons. The minimum atomic E-state index is -0.380. The second-order valence-electron chi connectivity index (χ2n) is 6.68. The minimum absolute atomic E-state index is 0.0887. The molecule has 0 aliphatic heterocycles. The zero-order valence-corrected chi connectivity index (χ0v) is 13.2. The molecule has 0 spiro atoms. The average molecular weight is 280 g/mol. The predicted octanol–water partition coefficient (Wildman–Crippen LogP) is 1.71. The first-order valence-corrected chi connectivity index (χ1v) is 7.68. The molecule has 1 aliphatic carbocycles. The molecule has 0 aromatic carbocycles. The fourth-order valence-corrected chi connectivity index (χ4v) is 3.37. The van der Waals surface area contributed by atoms with Crippen LogP contribution in [0.15, 0.2) is 6.33 Å². The van der Waals surface area contributed by atoms with E-state index in [1.165, 1.54) is 12.8 Å². The highest BCUT2D eigenvalue weighted by atomic mass is 16.3. The molecule has 1 aliphatic rings. The SMILES string of the molecule is CC(C)Cn1ncnc1CC(O)C1(N(C)C)CCCC1. The summed E-state index contributed by atoms with van der Waals surface area (Å²) in [6.45, 7) is 5.19. The second kappa shape index (κ2) is 6.22. The molecule has 1 atom stereocenters. The van der Waals surface area contributed by atoms with Crippen molar-refractivity contribution in [3.63, 3.8) is 0 Å². The topological polar surface area (TPSA) is 54.2 Å². The Morgan fingerprint density at radius 3 is 2.55 bits per heavy atom. The van der Waals surface area contributed by atoms with Gasteiger partial charge in [0.25, 0.3) is 0 Å². The van der Waals surface area contributed by atoms with Crippen LogP contribution < -0.4 is 0 Å². The van der Waals surface area contributed by atoms with Gasteiger partial charge in [-0.05, 0) is 32.9 Å². The molecule has 20 heavy (non-hydrogen) atoms. The minimum Gasteiger partial charge on any atom is -0.391 e. The number of nitrogens with zero attached hydrogens (tertiary/aromatic N) is 4. The number of aromatic nitrogens is 3. The summed E-state index contributed by atoms with van der Waals surface area (Å²) in [6.07, 6.45) is 6.35. The molecule has 1 heterocycles. The Bertz CT molecular complexity index is 421. The number of aliphatic hydroxyl groups is 1. The van der Waals surface area contributed by atoms with Crippen LogP contribution >= 0.6 is 0 Å². The third-order valence-electron chi connectivity index (χ3n) is 4.59. The van der Waals surface area contributed by atoms with Gasteiger partial charge in [0.2, 0.25) is 0 Å². The lowest BCUT2D eigenvalue weighted by Crippen LogP contribution is -2.52. The van der Waals surface area contributed by atoms with Gasteiger partial charge in [0.05, 0.1) is 6.10 Å². The number of rotatable bonds is 6. The van der Waals surface area contributed by atoms with Crippen LogP contribution in [0, 0.1) is 5.92 Å². The van der Waals surface area contributed by atoms with E-state index in [4.69, 9.17) is 0 Å². The number of hydrogen-bond donors (Lipinski definition) is 1. The van der Waals surface area contributed by atoms with Crippen molar-refractivity contribution in [3.05, 3.63) is 12.2 Å². The van der Waals surface area contributed by atoms with Gasteiger partial charge in [0, 0.05) is 18.5 Å². The Morgan fingerprint density at radius 2 is 2.00 bits per heavy atom. The quantitative estimate of drug-likeness (QED) is 0.862. The molecule has 5 nitrogen and oxygen atoms in total. The fraction of sp³-hybridized carbons (Fsp3) is 0.867. The Balaban J connectivity index is 2.11. The van der Waals surface area contributed by atoms with E-state index in [1.54, 1.807) is 6.33 Å². The smallest absolute Gasteiger partial charge is 0.138 e. The van der Waals surface area contributed by atoms with Crippen LogP contribution in [-0.4, -0.2) is 50.5 Å². The van der Waals surface area contributed by atoms with Gasteiger partial charge in [0.1, 0.15) is 12.2 Å². The summed E-state index contributed by atoms with van der Waals surface area (Å²) in [5.41, 5.74) is -0.0887. The van der Waals surface area contributed by atoms with Crippen molar-refractivity contribution in [2.24, 2.45) is 5.92 Å². The maximum atomic E-state index is 10.8. The van der Waals surface area contributed by atoms with Gasteiger partial charge >= 0.3 is 0 Å². The van der Waals surface area contributed by atoms with E-state index < -0.39 is 0 Å². The first kappa shape index (κ1) is 15.4. The van der Waals surface area contributed by atoms with Crippen LogP contribution in [0.4, 0.5) is 0 Å². The number of likely N-dealkylation sites (N-methyl/N-ethyl adjacent to an activating group) is 1. The van der Waals surface area contributed by atoms with Gasteiger partial charge in [-0.3, -0.25) is 0 Å². The van der Waals surface area contributed by atoms with Crippen molar-refractivity contribution in [3.8, 4) is 0 Å². The fourth-order valence-electron chi connectivity index (χ4n) is 3.37. The van der Waals surface area contributed by atoms with Gasteiger partial charge in [-0.1, -0.05) is 26.7 Å². The molecule has 1 aromatic heterocycles. The third kappa shape index (κ3) is 3.04. The molecule has 1 saturated carbocycles.